The van der Waals surface area contributed by atoms with Gasteiger partial charge in [-0.15, -0.1) is 0 Å². The fourth-order valence-electron chi connectivity index (χ4n) is 3.81. The maximum Gasteiger partial charge on any atom is 0.240 e. The number of halogens is 2. The van der Waals surface area contributed by atoms with Crippen LogP contribution in [0.2, 0.25) is 10.0 Å². The van der Waals surface area contributed by atoms with E-state index in [2.05, 4.69) is 10.3 Å². The van der Waals surface area contributed by atoms with Gasteiger partial charge >= 0.3 is 0 Å². The van der Waals surface area contributed by atoms with E-state index in [0.717, 1.165) is 23.9 Å². The number of rotatable bonds is 6. The molecule has 0 unspecified atom stereocenters. The van der Waals surface area contributed by atoms with Crippen LogP contribution in [-0.4, -0.2) is 21.5 Å². The van der Waals surface area contributed by atoms with E-state index in [9.17, 15) is 4.79 Å². The van der Waals surface area contributed by atoms with E-state index in [-0.39, 0.29) is 25.1 Å². The summed E-state index contributed by atoms with van der Waals surface area (Å²) >= 11 is 12.2. The van der Waals surface area contributed by atoms with Crippen molar-refractivity contribution in [3.05, 3.63) is 58.3 Å². The van der Waals surface area contributed by atoms with Gasteiger partial charge in [-0.25, -0.2) is 4.98 Å². The summed E-state index contributed by atoms with van der Waals surface area (Å²) in [5.74, 6) is 1.21. The highest BCUT2D eigenvalue weighted by atomic mass is 35.5. The van der Waals surface area contributed by atoms with Crippen molar-refractivity contribution in [1.29, 1.82) is 0 Å². The molecule has 0 spiro atoms. The van der Waals surface area contributed by atoms with Gasteiger partial charge in [-0.3, -0.25) is 4.79 Å². The number of carbonyl (C=O) groups excluding carboxylic acids is 1. The Morgan fingerprint density at radius 1 is 1.14 bits per heavy atom. The molecule has 7 heteroatoms. The lowest BCUT2D eigenvalue weighted by Gasteiger charge is -2.23. The Labute approximate surface area is 180 Å². The van der Waals surface area contributed by atoms with E-state index >= 15 is 0 Å². The fourth-order valence-corrected chi connectivity index (χ4v) is 4.27. The minimum atomic E-state index is 0.00540. The van der Waals surface area contributed by atoms with Crippen LogP contribution < -0.4 is 10.1 Å². The summed E-state index contributed by atoms with van der Waals surface area (Å²) in [6, 6.07) is 13.1. The Hall–Kier alpha value is -2.24. The second-order valence-electron chi connectivity index (χ2n) is 7.37. The van der Waals surface area contributed by atoms with E-state index in [1.807, 2.05) is 28.8 Å². The summed E-state index contributed by atoms with van der Waals surface area (Å²) < 4.78 is 7.79. The number of ether oxygens (including phenoxy) is 1. The molecule has 1 aliphatic carbocycles. The average molecular weight is 432 g/mol. The first-order chi connectivity index (χ1) is 14.1. The van der Waals surface area contributed by atoms with Crippen molar-refractivity contribution in [3.63, 3.8) is 0 Å². The third-order valence-electron chi connectivity index (χ3n) is 5.26. The monoisotopic (exact) mass is 431 g/mol. The van der Waals surface area contributed by atoms with Gasteiger partial charge in [0.2, 0.25) is 5.91 Å². The SMILES string of the molecule is O=C(Cn1c(COc2ccc(Cl)cc2Cl)nc2ccccc21)NC1CCCCC1. The predicted molar refractivity (Wildman–Crippen MR) is 116 cm³/mol. The van der Waals surface area contributed by atoms with Crippen molar-refractivity contribution < 1.29 is 9.53 Å². The smallest absolute Gasteiger partial charge is 0.240 e. The molecule has 0 radical (unpaired) electrons. The van der Waals surface area contributed by atoms with Crippen LogP contribution in [-0.2, 0) is 17.9 Å². The van der Waals surface area contributed by atoms with Gasteiger partial charge in [-0.2, -0.15) is 0 Å². The number of nitrogens with zero attached hydrogens (tertiary/aromatic N) is 2. The summed E-state index contributed by atoms with van der Waals surface area (Å²) in [7, 11) is 0. The van der Waals surface area contributed by atoms with Crippen molar-refractivity contribution in [2.24, 2.45) is 0 Å². The molecule has 29 heavy (non-hydrogen) atoms. The van der Waals surface area contributed by atoms with Crippen LogP contribution in [0.3, 0.4) is 0 Å². The van der Waals surface area contributed by atoms with Crippen LogP contribution in [0, 0.1) is 0 Å². The number of amides is 1. The number of carbonyl (C=O) groups is 1. The molecule has 1 N–H and O–H groups in total. The Balaban J connectivity index is 1.53. The second kappa shape index (κ2) is 9.06. The van der Waals surface area contributed by atoms with E-state index in [0.29, 0.717) is 21.6 Å². The summed E-state index contributed by atoms with van der Waals surface area (Å²) in [5.41, 5.74) is 1.74. The Bertz CT molecular complexity index is 1010. The number of hydrogen-bond acceptors (Lipinski definition) is 3. The molecule has 4 rings (SSSR count). The van der Waals surface area contributed by atoms with Crippen molar-refractivity contribution in [1.82, 2.24) is 14.9 Å². The molecule has 0 bridgehead atoms. The normalized spacial score (nSPS) is 14.8. The van der Waals surface area contributed by atoms with Crippen LogP contribution in [0.4, 0.5) is 0 Å². The first-order valence-electron chi connectivity index (χ1n) is 9.91. The average Bonchev–Trinajstić information content (AvgIpc) is 3.05. The third kappa shape index (κ3) is 4.85. The first kappa shape index (κ1) is 20.0. The number of nitrogens with one attached hydrogen (secondary N) is 1. The molecule has 0 aliphatic heterocycles. The summed E-state index contributed by atoms with van der Waals surface area (Å²) in [6.07, 6.45) is 5.73. The molecule has 0 saturated heterocycles. The Morgan fingerprint density at radius 2 is 1.93 bits per heavy atom. The molecule has 1 amide bonds. The third-order valence-corrected chi connectivity index (χ3v) is 5.79. The van der Waals surface area contributed by atoms with Crippen molar-refractivity contribution in [2.45, 2.75) is 51.3 Å². The molecule has 1 fully saturated rings. The zero-order valence-corrected chi connectivity index (χ0v) is 17.5. The van der Waals surface area contributed by atoms with Gasteiger partial charge in [0.25, 0.3) is 0 Å². The minimum absolute atomic E-state index is 0.00540. The highest BCUT2D eigenvalue weighted by molar-refractivity contribution is 6.35. The summed E-state index contributed by atoms with van der Waals surface area (Å²) in [4.78, 5) is 17.4. The van der Waals surface area contributed by atoms with Gasteiger partial charge in [0, 0.05) is 11.1 Å². The number of hydrogen-bond donors (Lipinski definition) is 1. The summed E-state index contributed by atoms with van der Waals surface area (Å²) in [5, 5.41) is 4.16. The van der Waals surface area contributed by atoms with Crippen molar-refractivity contribution in [3.8, 4) is 5.75 Å². The lowest BCUT2D eigenvalue weighted by Crippen LogP contribution is -2.38. The molecule has 3 aromatic rings. The number of imidazole rings is 1. The number of fused-ring (bicyclic) bond motifs is 1. The zero-order valence-electron chi connectivity index (χ0n) is 16.0. The Kier molecular flexibility index (Phi) is 6.26. The zero-order chi connectivity index (χ0) is 20.2. The number of aromatic nitrogens is 2. The summed E-state index contributed by atoms with van der Waals surface area (Å²) in [6.45, 7) is 0.413. The lowest BCUT2D eigenvalue weighted by molar-refractivity contribution is -0.122. The number of benzene rings is 2. The van der Waals surface area contributed by atoms with Crippen LogP contribution >= 0.6 is 23.2 Å². The second-order valence-corrected chi connectivity index (χ2v) is 8.21. The van der Waals surface area contributed by atoms with E-state index < -0.39 is 0 Å². The largest absolute Gasteiger partial charge is 0.484 e. The van der Waals surface area contributed by atoms with Crippen LogP contribution in [0.5, 0.6) is 5.75 Å². The van der Waals surface area contributed by atoms with E-state index in [4.69, 9.17) is 27.9 Å². The molecule has 1 aliphatic rings. The van der Waals surface area contributed by atoms with Gasteiger partial charge in [-0.05, 0) is 43.2 Å². The molecule has 5 nitrogen and oxygen atoms in total. The van der Waals surface area contributed by atoms with Crippen molar-refractivity contribution >= 4 is 40.1 Å². The predicted octanol–water partition coefficient (Wildman–Crippen LogP) is 5.37. The Morgan fingerprint density at radius 3 is 2.72 bits per heavy atom. The molecule has 2 aromatic carbocycles. The fraction of sp³-hybridized carbons (Fsp3) is 0.364. The molecule has 152 valence electrons. The van der Waals surface area contributed by atoms with Crippen LogP contribution in [0.25, 0.3) is 11.0 Å². The quantitative estimate of drug-likeness (QED) is 0.570. The highest BCUT2D eigenvalue weighted by Crippen LogP contribution is 2.28. The van der Waals surface area contributed by atoms with Crippen LogP contribution in [0.1, 0.15) is 37.9 Å². The first-order valence-corrected chi connectivity index (χ1v) is 10.7. The number of para-hydroxylation sites is 2. The van der Waals surface area contributed by atoms with Gasteiger partial charge in [0.15, 0.2) is 0 Å². The lowest BCUT2D eigenvalue weighted by atomic mass is 9.95. The van der Waals surface area contributed by atoms with E-state index in [1.54, 1.807) is 18.2 Å². The molecule has 1 saturated carbocycles. The van der Waals surface area contributed by atoms with Gasteiger partial charge in [0.05, 0.1) is 16.1 Å². The molecule has 0 atom stereocenters. The topological polar surface area (TPSA) is 56.2 Å². The molecular weight excluding hydrogens is 409 g/mol. The maximum atomic E-state index is 12.7. The highest BCUT2D eigenvalue weighted by Gasteiger charge is 2.19. The van der Waals surface area contributed by atoms with Gasteiger partial charge in [-0.1, -0.05) is 54.6 Å². The standard InChI is InChI=1S/C22H23Cl2N3O2/c23-15-10-11-20(17(24)12-15)29-14-21-26-18-8-4-5-9-19(18)27(21)13-22(28)25-16-6-2-1-3-7-16/h4-5,8-12,16H,1-3,6-7,13-14H2,(H,25,28). The van der Waals surface area contributed by atoms with Gasteiger partial charge in [0.1, 0.15) is 24.7 Å². The van der Waals surface area contributed by atoms with E-state index in [1.165, 1.54) is 19.3 Å². The molecule has 1 aromatic heterocycles. The molecule has 1 heterocycles. The minimum Gasteiger partial charge on any atom is -0.484 e. The van der Waals surface area contributed by atoms with Crippen molar-refractivity contribution in [2.75, 3.05) is 0 Å². The molecular formula is C22H23Cl2N3O2. The van der Waals surface area contributed by atoms with Gasteiger partial charge < -0.3 is 14.6 Å². The van der Waals surface area contributed by atoms with Crippen LogP contribution in [0.15, 0.2) is 42.5 Å². The maximum absolute atomic E-state index is 12.7.